The minimum atomic E-state index is -0.525. The predicted octanol–water partition coefficient (Wildman–Crippen LogP) is 1.60. The Kier molecular flexibility index (Phi) is 2.93. The Hall–Kier alpha value is -1.10. The molecular formula is C13H21NO4. The van der Waals surface area contributed by atoms with Crippen LogP contribution in [0.25, 0.3) is 0 Å². The highest BCUT2D eigenvalue weighted by Gasteiger charge is 2.58. The summed E-state index contributed by atoms with van der Waals surface area (Å²) < 4.78 is 10.6. The molecule has 1 amide bonds. The van der Waals surface area contributed by atoms with Crippen LogP contribution in [0.15, 0.2) is 0 Å². The van der Waals surface area contributed by atoms with Crippen molar-refractivity contribution in [1.29, 1.82) is 0 Å². The maximum absolute atomic E-state index is 12.2. The summed E-state index contributed by atoms with van der Waals surface area (Å²) >= 11 is 0. The first-order chi connectivity index (χ1) is 8.20. The molecular weight excluding hydrogens is 234 g/mol. The van der Waals surface area contributed by atoms with E-state index in [0.29, 0.717) is 26.2 Å². The van der Waals surface area contributed by atoms with Gasteiger partial charge in [0.15, 0.2) is 0 Å². The minimum Gasteiger partial charge on any atom is -0.444 e. The van der Waals surface area contributed by atoms with Gasteiger partial charge in [-0.2, -0.15) is 0 Å². The van der Waals surface area contributed by atoms with Gasteiger partial charge in [0.05, 0.1) is 18.8 Å². The maximum Gasteiger partial charge on any atom is 0.410 e. The fraction of sp³-hybridized carbons (Fsp3) is 0.846. The zero-order valence-electron chi connectivity index (χ0n) is 11.5. The van der Waals surface area contributed by atoms with E-state index in [2.05, 4.69) is 0 Å². The number of likely N-dealkylation sites (tertiary alicyclic amines) is 1. The molecule has 18 heavy (non-hydrogen) atoms. The molecule has 0 bridgehead atoms. The van der Waals surface area contributed by atoms with E-state index in [1.807, 2.05) is 27.7 Å². The number of aldehydes is 1. The van der Waals surface area contributed by atoms with E-state index in [9.17, 15) is 9.59 Å². The number of nitrogens with zero attached hydrogens (tertiary/aromatic N) is 1. The highest BCUT2D eigenvalue weighted by Crippen LogP contribution is 2.45. The zero-order chi connectivity index (χ0) is 13.6. The third-order valence-corrected chi connectivity index (χ3v) is 3.46. The molecule has 5 nitrogen and oxygen atoms in total. The van der Waals surface area contributed by atoms with Crippen molar-refractivity contribution in [3.8, 4) is 0 Å². The summed E-state index contributed by atoms with van der Waals surface area (Å²) in [5, 5.41) is 0. The molecule has 1 spiro atoms. The summed E-state index contributed by atoms with van der Waals surface area (Å²) in [5.74, 6) is 0. The second-order valence-electron chi connectivity index (χ2n) is 6.73. The summed E-state index contributed by atoms with van der Waals surface area (Å²) in [6.07, 6.45) is 1.25. The molecule has 5 heteroatoms. The Labute approximate surface area is 107 Å². The lowest BCUT2D eigenvalue weighted by atomic mass is 9.82. The van der Waals surface area contributed by atoms with Crippen LogP contribution >= 0.6 is 0 Å². The quantitative estimate of drug-likeness (QED) is 0.668. The molecule has 2 heterocycles. The number of carbonyl (C=O) groups excluding carboxylic acids is 2. The van der Waals surface area contributed by atoms with Crippen LogP contribution in [0.3, 0.4) is 0 Å². The van der Waals surface area contributed by atoms with Crippen LogP contribution < -0.4 is 0 Å². The molecule has 0 N–H and O–H groups in total. The number of rotatable bonds is 1. The van der Waals surface area contributed by atoms with Crippen molar-refractivity contribution in [2.45, 2.75) is 45.3 Å². The van der Waals surface area contributed by atoms with Gasteiger partial charge in [-0.05, 0) is 27.2 Å². The number of amides is 1. The lowest BCUT2D eigenvalue weighted by Crippen LogP contribution is -2.61. The zero-order valence-corrected chi connectivity index (χ0v) is 11.5. The van der Waals surface area contributed by atoms with Gasteiger partial charge in [0.2, 0.25) is 0 Å². The number of ether oxygens (including phenoxy) is 2. The Morgan fingerprint density at radius 3 is 2.39 bits per heavy atom. The van der Waals surface area contributed by atoms with E-state index in [-0.39, 0.29) is 11.6 Å². The van der Waals surface area contributed by atoms with Crippen molar-refractivity contribution >= 4 is 12.4 Å². The van der Waals surface area contributed by atoms with Gasteiger partial charge in [-0.15, -0.1) is 0 Å². The smallest absolute Gasteiger partial charge is 0.410 e. The molecule has 1 unspecified atom stereocenters. The monoisotopic (exact) mass is 255 g/mol. The summed E-state index contributed by atoms with van der Waals surface area (Å²) in [7, 11) is 0. The molecule has 1 atom stereocenters. The largest absolute Gasteiger partial charge is 0.444 e. The van der Waals surface area contributed by atoms with Gasteiger partial charge in [-0.25, -0.2) is 4.79 Å². The van der Waals surface area contributed by atoms with Crippen LogP contribution in [0.4, 0.5) is 4.79 Å². The lowest BCUT2D eigenvalue weighted by molar-refractivity contribution is -0.123. The Morgan fingerprint density at radius 1 is 1.39 bits per heavy atom. The van der Waals surface area contributed by atoms with Crippen molar-refractivity contribution in [3.63, 3.8) is 0 Å². The van der Waals surface area contributed by atoms with Gasteiger partial charge >= 0.3 is 6.09 Å². The lowest BCUT2D eigenvalue weighted by Gasteiger charge is -2.44. The molecule has 0 aromatic carbocycles. The molecule has 0 saturated carbocycles. The van der Waals surface area contributed by atoms with E-state index in [0.717, 1.165) is 6.29 Å². The third-order valence-electron chi connectivity index (χ3n) is 3.46. The number of carbonyl (C=O) groups is 2. The Balaban J connectivity index is 2.16. The van der Waals surface area contributed by atoms with Gasteiger partial charge in [-0.3, -0.25) is 4.90 Å². The highest BCUT2D eigenvalue weighted by atomic mass is 16.6. The first-order valence-corrected chi connectivity index (χ1v) is 6.25. The highest BCUT2D eigenvalue weighted by molar-refractivity contribution is 5.73. The minimum absolute atomic E-state index is 0.335. The Bertz CT molecular complexity index is 370. The second kappa shape index (κ2) is 3.95. The SMILES string of the molecule is CC1(C=O)CN(C(=O)OC(C)(C)C)C2(COC2)C1. The predicted molar refractivity (Wildman–Crippen MR) is 65.3 cm³/mol. The normalized spacial score (nSPS) is 30.1. The Morgan fingerprint density at radius 2 is 2.00 bits per heavy atom. The molecule has 102 valence electrons. The third kappa shape index (κ3) is 2.23. The average molecular weight is 255 g/mol. The van der Waals surface area contributed by atoms with Gasteiger partial charge in [-0.1, -0.05) is 6.92 Å². The van der Waals surface area contributed by atoms with Crippen LogP contribution in [0, 0.1) is 5.41 Å². The van der Waals surface area contributed by atoms with E-state index < -0.39 is 11.0 Å². The molecule has 0 aromatic rings. The molecule has 0 aromatic heterocycles. The standard InChI is InChI=1S/C13H21NO4/c1-11(2,3)18-10(16)14-6-12(4,7-15)5-13(14)8-17-9-13/h7H,5-6,8-9H2,1-4H3. The van der Waals surface area contributed by atoms with Crippen molar-refractivity contribution < 1.29 is 19.1 Å². The summed E-state index contributed by atoms with van der Waals surface area (Å²) in [6.45, 7) is 8.79. The van der Waals surface area contributed by atoms with Crippen LogP contribution in [0.5, 0.6) is 0 Å². The summed E-state index contributed by atoms with van der Waals surface area (Å²) in [5.41, 5.74) is -1.35. The van der Waals surface area contributed by atoms with Crippen LogP contribution in [0.2, 0.25) is 0 Å². The van der Waals surface area contributed by atoms with Crippen molar-refractivity contribution in [3.05, 3.63) is 0 Å². The molecule has 2 saturated heterocycles. The first kappa shape index (κ1) is 13.3. The van der Waals surface area contributed by atoms with Crippen molar-refractivity contribution in [1.82, 2.24) is 4.90 Å². The van der Waals surface area contributed by atoms with Crippen LogP contribution in [-0.2, 0) is 14.3 Å². The fourth-order valence-electron chi connectivity index (χ4n) is 2.68. The number of hydrogen-bond acceptors (Lipinski definition) is 4. The van der Waals surface area contributed by atoms with Crippen molar-refractivity contribution in [2.75, 3.05) is 19.8 Å². The molecule has 2 fully saturated rings. The van der Waals surface area contributed by atoms with E-state index in [1.165, 1.54) is 0 Å². The van der Waals surface area contributed by atoms with Crippen LogP contribution in [0.1, 0.15) is 34.1 Å². The average Bonchev–Trinajstić information content (AvgIpc) is 2.51. The molecule has 2 rings (SSSR count). The van der Waals surface area contributed by atoms with Gasteiger partial charge in [0, 0.05) is 12.0 Å². The fourth-order valence-corrected chi connectivity index (χ4v) is 2.68. The molecule has 0 radical (unpaired) electrons. The van der Waals surface area contributed by atoms with E-state index in [1.54, 1.807) is 4.90 Å². The second-order valence-corrected chi connectivity index (χ2v) is 6.73. The summed E-state index contributed by atoms with van der Waals surface area (Å²) in [6, 6.07) is 0. The first-order valence-electron chi connectivity index (χ1n) is 6.25. The van der Waals surface area contributed by atoms with Crippen LogP contribution in [-0.4, -0.2) is 48.2 Å². The van der Waals surface area contributed by atoms with E-state index >= 15 is 0 Å². The molecule has 2 aliphatic heterocycles. The topological polar surface area (TPSA) is 55.8 Å². The molecule has 2 aliphatic rings. The number of hydrogen-bond donors (Lipinski definition) is 0. The van der Waals surface area contributed by atoms with Gasteiger partial charge in [0.1, 0.15) is 11.9 Å². The van der Waals surface area contributed by atoms with Gasteiger partial charge in [0.25, 0.3) is 0 Å². The van der Waals surface area contributed by atoms with Crippen molar-refractivity contribution in [2.24, 2.45) is 5.41 Å². The maximum atomic E-state index is 12.2. The summed E-state index contributed by atoms with van der Waals surface area (Å²) in [4.78, 5) is 25.1. The van der Waals surface area contributed by atoms with Gasteiger partial charge < -0.3 is 14.3 Å². The van der Waals surface area contributed by atoms with E-state index in [4.69, 9.17) is 9.47 Å². The molecule has 0 aliphatic carbocycles.